The lowest BCUT2D eigenvalue weighted by atomic mass is 10.0. The number of nitrogens with two attached hydrogens (primary N) is 2. The highest BCUT2D eigenvalue weighted by molar-refractivity contribution is 5.88. The fourth-order valence-corrected chi connectivity index (χ4v) is 4.24. The Bertz CT molecular complexity index is 1250. The number of anilines is 2. The van der Waals surface area contributed by atoms with Crippen LogP contribution >= 0.6 is 0 Å². The lowest BCUT2D eigenvalue weighted by Crippen LogP contribution is -2.31. The number of fused-ring (bicyclic) bond motifs is 1. The van der Waals surface area contributed by atoms with Crippen molar-refractivity contribution in [3.8, 4) is 22.6 Å². The number of nitrogens with zero attached hydrogens (tertiary/aromatic N) is 5. The number of para-hydroxylation sites is 1. The van der Waals surface area contributed by atoms with E-state index in [1.807, 2.05) is 18.2 Å². The number of nitrogen functional groups attached to an aromatic ring is 2. The van der Waals surface area contributed by atoms with E-state index in [1.54, 1.807) is 19.4 Å². The van der Waals surface area contributed by atoms with E-state index in [-0.39, 0.29) is 0 Å². The molecule has 4 N–H and O–H groups in total. The Morgan fingerprint density at radius 2 is 2.00 bits per heavy atom. The van der Waals surface area contributed by atoms with Gasteiger partial charge in [0.2, 0.25) is 5.89 Å². The fraction of sp³-hybridized carbons (Fsp3) is 0.348. The summed E-state index contributed by atoms with van der Waals surface area (Å²) in [6, 6.07) is 7.77. The molecule has 1 saturated heterocycles. The molecule has 32 heavy (non-hydrogen) atoms. The second kappa shape index (κ2) is 8.25. The molecule has 166 valence electrons. The van der Waals surface area contributed by atoms with Crippen LogP contribution in [-0.2, 0) is 11.3 Å². The SMILES string of the molecule is COCc1nn(C2CCN(C)CC2)cc1-c1cnc(N)c(-c2nc3c(N)cccc3o2)c1. The van der Waals surface area contributed by atoms with Crippen LogP contribution in [0.25, 0.3) is 33.7 Å². The molecule has 0 bridgehead atoms. The standard InChI is InChI=1S/C23H27N7O2/c1-29-8-6-15(7-9-29)30-12-17(19(28-30)13-31-2)14-10-16(22(25)26-11-14)23-27-21-18(24)4-3-5-20(21)32-23/h3-5,10-12,15H,6-9,13,24H2,1-2H3,(H2,25,26). The van der Waals surface area contributed by atoms with Crippen molar-refractivity contribution in [1.29, 1.82) is 0 Å². The molecule has 1 aliphatic rings. The Kier molecular flexibility index (Phi) is 5.28. The van der Waals surface area contributed by atoms with E-state index >= 15 is 0 Å². The smallest absolute Gasteiger partial charge is 0.231 e. The zero-order valence-electron chi connectivity index (χ0n) is 18.3. The van der Waals surface area contributed by atoms with E-state index in [1.165, 1.54) is 0 Å². The zero-order valence-corrected chi connectivity index (χ0v) is 18.3. The van der Waals surface area contributed by atoms with E-state index in [0.29, 0.717) is 46.7 Å². The number of ether oxygens (including phenoxy) is 1. The van der Waals surface area contributed by atoms with Crippen LogP contribution in [0.5, 0.6) is 0 Å². The lowest BCUT2D eigenvalue weighted by molar-refractivity contribution is 0.178. The Hall–Kier alpha value is -3.43. The molecule has 0 saturated carbocycles. The summed E-state index contributed by atoms with van der Waals surface area (Å²) < 4.78 is 13.4. The first-order valence-electron chi connectivity index (χ1n) is 10.7. The normalized spacial score (nSPS) is 15.6. The summed E-state index contributed by atoms with van der Waals surface area (Å²) in [4.78, 5) is 11.3. The molecule has 5 rings (SSSR count). The molecule has 4 heterocycles. The summed E-state index contributed by atoms with van der Waals surface area (Å²) in [5, 5.41) is 4.85. The van der Waals surface area contributed by atoms with E-state index in [2.05, 4.69) is 32.8 Å². The zero-order chi connectivity index (χ0) is 22.2. The van der Waals surface area contributed by atoms with Crippen molar-refractivity contribution in [2.45, 2.75) is 25.5 Å². The summed E-state index contributed by atoms with van der Waals surface area (Å²) >= 11 is 0. The van der Waals surface area contributed by atoms with Crippen LogP contribution in [0.4, 0.5) is 11.5 Å². The molecule has 9 heteroatoms. The van der Waals surface area contributed by atoms with Crippen molar-refractivity contribution in [2.24, 2.45) is 0 Å². The number of likely N-dealkylation sites (tertiary alicyclic amines) is 1. The van der Waals surface area contributed by atoms with Crippen LogP contribution in [0.2, 0.25) is 0 Å². The van der Waals surface area contributed by atoms with Gasteiger partial charge in [0, 0.05) is 30.6 Å². The van der Waals surface area contributed by atoms with Crippen LogP contribution in [-0.4, -0.2) is 51.9 Å². The van der Waals surface area contributed by atoms with Gasteiger partial charge in [-0.05, 0) is 51.2 Å². The summed E-state index contributed by atoms with van der Waals surface area (Å²) in [5.74, 6) is 0.732. The van der Waals surface area contributed by atoms with Gasteiger partial charge in [0.05, 0.1) is 29.6 Å². The Morgan fingerprint density at radius 3 is 2.75 bits per heavy atom. The molecule has 0 unspecified atom stereocenters. The van der Waals surface area contributed by atoms with E-state index < -0.39 is 0 Å². The molecule has 1 aromatic carbocycles. The summed E-state index contributed by atoms with van der Waals surface area (Å²) in [5.41, 5.74) is 17.4. The predicted octanol–water partition coefficient (Wildman–Crippen LogP) is 3.33. The van der Waals surface area contributed by atoms with Crippen LogP contribution in [0.1, 0.15) is 24.6 Å². The van der Waals surface area contributed by atoms with Gasteiger partial charge in [-0.3, -0.25) is 4.68 Å². The molecular weight excluding hydrogens is 406 g/mol. The first-order chi connectivity index (χ1) is 15.5. The molecule has 4 aromatic rings. The number of oxazole rings is 1. The topological polar surface area (TPSA) is 121 Å². The number of benzene rings is 1. The van der Waals surface area contributed by atoms with Gasteiger partial charge in [0.1, 0.15) is 11.3 Å². The monoisotopic (exact) mass is 433 g/mol. The van der Waals surface area contributed by atoms with E-state index in [4.69, 9.17) is 25.7 Å². The largest absolute Gasteiger partial charge is 0.436 e. The summed E-state index contributed by atoms with van der Waals surface area (Å²) in [7, 11) is 3.83. The minimum Gasteiger partial charge on any atom is -0.436 e. The van der Waals surface area contributed by atoms with Gasteiger partial charge < -0.3 is 25.5 Å². The third kappa shape index (κ3) is 3.69. The van der Waals surface area contributed by atoms with Gasteiger partial charge in [-0.25, -0.2) is 9.97 Å². The third-order valence-corrected chi connectivity index (χ3v) is 6.06. The Morgan fingerprint density at radius 1 is 1.19 bits per heavy atom. The summed E-state index contributed by atoms with van der Waals surface area (Å²) in [6.45, 7) is 2.54. The quantitative estimate of drug-likeness (QED) is 0.460. The number of pyridine rings is 1. The number of aromatic nitrogens is 4. The highest BCUT2D eigenvalue weighted by Crippen LogP contribution is 2.34. The number of hydrogen-bond acceptors (Lipinski definition) is 8. The van der Waals surface area contributed by atoms with E-state index in [9.17, 15) is 0 Å². The van der Waals surface area contributed by atoms with Crippen LogP contribution in [0, 0.1) is 0 Å². The molecule has 0 aliphatic carbocycles. The molecular formula is C23H27N7O2. The fourth-order valence-electron chi connectivity index (χ4n) is 4.24. The second-order valence-corrected chi connectivity index (χ2v) is 8.31. The maximum Gasteiger partial charge on any atom is 0.231 e. The van der Waals surface area contributed by atoms with Crippen molar-refractivity contribution in [2.75, 3.05) is 38.7 Å². The van der Waals surface area contributed by atoms with Gasteiger partial charge >= 0.3 is 0 Å². The Balaban J connectivity index is 1.55. The van der Waals surface area contributed by atoms with E-state index in [0.717, 1.165) is 42.8 Å². The maximum absolute atomic E-state index is 6.20. The lowest BCUT2D eigenvalue weighted by Gasteiger charge is -2.29. The van der Waals surface area contributed by atoms with Crippen molar-refractivity contribution >= 4 is 22.6 Å². The first kappa shape index (κ1) is 20.5. The predicted molar refractivity (Wildman–Crippen MR) is 124 cm³/mol. The molecule has 0 radical (unpaired) electrons. The van der Waals surface area contributed by atoms with Crippen molar-refractivity contribution < 1.29 is 9.15 Å². The number of rotatable bonds is 5. The molecule has 1 aliphatic heterocycles. The molecule has 0 atom stereocenters. The van der Waals surface area contributed by atoms with Crippen molar-refractivity contribution in [3.05, 3.63) is 42.4 Å². The highest BCUT2D eigenvalue weighted by Gasteiger charge is 2.22. The van der Waals surface area contributed by atoms with Gasteiger partial charge in [-0.15, -0.1) is 0 Å². The van der Waals surface area contributed by atoms with Crippen molar-refractivity contribution in [1.82, 2.24) is 24.6 Å². The molecule has 0 spiro atoms. The molecule has 1 fully saturated rings. The minimum absolute atomic E-state index is 0.342. The van der Waals surface area contributed by atoms with Crippen LogP contribution < -0.4 is 11.5 Å². The highest BCUT2D eigenvalue weighted by atomic mass is 16.5. The average molecular weight is 434 g/mol. The summed E-state index contributed by atoms with van der Waals surface area (Å²) in [6.07, 6.45) is 5.98. The van der Waals surface area contributed by atoms with Crippen LogP contribution in [0.15, 0.2) is 41.1 Å². The molecule has 0 amide bonds. The molecule has 9 nitrogen and oxygen atoms in total. The first-order valence-corrected chi connectivity index (χ1v) is 10.7. The van der Waals surface area contributed by atoms with Crippen molar-refractivity contribution in [3.63, 3.8) is 0 Å². The Labute approximate surface area is 186 Å². The van der Waals surface area contributed by atoms with Crippen LogP contribution in [0.3, 0.4) is 0 Å². The number of methoxy groups -OCH3 is 1. The van der Waals surface area contributed by atoms with Gasteiger partial charge in [-0.2, -0.15) is 5.10 Å². The second-order valence-electron chi connectivity index (χ2n) is 8.31. The third-order valence-electron chi connectivity index (χ3n) is 6.06. The van der Waals surface area contributed by atoms with Gasteiger partial charge in [0.15, 0.2) is 5.58 Å². The number of hydrogen-bond donors (Lipinski definition) is 2. The average Bonchev–Trinajstić information content (AvgIpc) is 3.40. The van der Waals surface area contributed by atoms with Gasteiger partial charge in [0.25, 0.3) is 0 Å². The molecule has 3 aromatic heterocycles. The van der Waals surface area contributed by atoms with Gasteiger partial charge in [-0.1, -0.05) is 6.07 Å². The maximum atomic E-state index is 6.20. The number of piperidine rings is 1. The minimum atomic E-state index is 0.342.